The number of nitrogens with one attached hydrogen (secondary N) is 1. The molecule has 0 fully saturated rings. The molecular weight excluding hydrogens is 677 g/mol. The van der Waals surface area contributed by atoms with Crippen molar-refractivity contribution in [1.82, 2.24) is 9.66 Å². The van der Waals surface area contributed by atoms with E-state index in [0.717, 1.165) is 16.8 Å². The van der Waals surface area contributed by atoms with Crippen LogP contribution in [0.25, 0.3) is 22.3 Å². The number of amides is 1. The first kappa shape index (κ1) is 31.7. The average Bonchev–Trinajstić information content (AvgIpc) is 3.02. The van der Waals surface area contributed by atoms with Gasteiger partial charge in [0.05, 0.1) is 29.3 Å². The quantitative estimate of drug-likeness (QED) is 0.159. The second kappa shape index (κ2) is 13.5. The van der Waals surface area contributed by atoms with Crippen LogP contribution in [0.1, 0.15) is 18.1 Å². The summed E-state index contributed by atoms with van der Waals surface area (Å²) in [6.45, 7) is 1.61. The second-order valence-corrected chi connectivity index (χ2v) is 10.6. The van der Waals surface area contributed by atoms with E-state index >= 15 is 0 Å². The van der Waals surface area contributed by atoms with Crippen molar-refractivity contribution in [2.24, 2.45) is 5.10 Å². The van der Waals surface area contributed by atoms with Crippen LogP contribution < -0.4 is 20.3 Å². The topological polar surface area (TPSA) is 94.8 Å². The molecule has 0 bridgehead atoms. The van der Waals surface area contributed by atoms with Gasteiger partial charge in [0, 0.05) is 21.3 Å². The summed E-state index contributed by atoms with van der Waals surface area (Å²) in [5.74, 6) is -0.230. The minimum atomic E-state index is -4.61. The number of rotatable bonds is 9. The Morgan fingerprint density at radius 2 is 1.78 bits per heavy atom. The number of hydrogen-bond donors (Lipinski definition) is 1. The van der Waals surface area contributed by atoms with Crippen LogP contribution in [0.15, 0.2) is 99.3 Å². The van der Waals surface area contributed by atoms with E-state index in [-0.39, 0.29) is 46.5 Å². The standard InChI is InChI=1S/C32H23BrClF3N4O4/c1-2-44-25-16-20(27(33)28(34)29(25)45-18-26(42)39-22-11-4-3-5-12-22)17-38-41-30(19-9-8-10-21(15-19)32(35,36)37)40-24-14-7-6-13-23(24)31(41)43/h3-17H,2,18H2,1H3,(H,39,42). The third-order valence-corrected chi connectivity index (χ3v) is 7.82. The van der Waals surface area contributed by atoms with Crippen LogP contribution in [-0.4, -0.2) is 35.0 Å². The van der Waals surface area contributed by atoms with Gasteiger partial charge >= 0.3 is 6.18 Å². The molecule has 1 aromatic heterocycles. The minimum absolute atomic E-state index is 0.0365. The van der Waals surface area contributed by atoms with Crippen LogP contribution >= 0.6 is 27.5 Å². The number of para-hydroxylation sites is 2. The van der Waals surface area contributed by atoms with Crippen LogP contribution in [0.3, 0.4) is 0 Å². The van der Waals surface area contributed by atoms with E-state index in [0.29, 0.717) is 21.2 Å². The van der Waals surface area contributed by atoms with Crippen molar-refractivity contribution in [3.8, 4) is 22.9 Å². The van der Waals surface area contributed by atoms with E-state index < -0.39 is 23.2 Å². The highest BCUT2D eigenvalue weighted by atomic mass is 79.9. The molecule has 0 unspecified atom stereocenters. The zero-order chi connectivity index (χ0) is 32.1. The molecule has 0 aliphatic heterocycles. The maximum absolute atomic E-state index is 13.5. The van der Waals surface area contributed by atoms with Gasteiger partial charge in [-0.3, -0.25) is 9.59 Å². The van der Waals surface area contributed by atoms with Gasteiger partial charge in [-0.2, -0.15) is 22.9 Å². The number of ether oxygens (including phenoxy) is 2. The van der Waals surface area contributed by atoms with E-state index in [1.165, 1.54) is 24.4 Å². The van der Waals surface area contributed by atoms with Crippen LogP contribution in [0, 0.1) is 0 Å². The third-order valence-electron chi connectivity index (χ3n) is 6.38. The fourth-order valence-corrected chi connectivity index (χ4v) is 4.98. The summed E-state index contributed by atoms with van der Waals surface area (Å²) in [6.07, 6.45) is -3.32. The first-order valence-electron chi connectivity index (χ1n) is 13.4. The number of nitrogens with zero attached hydrogens (tertiary/aromatic N) is 3. The fourth-order valence-electron chi connectivity index (χ4n) is 4.32. The average molecular weight is 700 g/mol. The van der Waals surface area contributed by atoms with Crippen molar-refractivity contribution in [3.05, 3.63) is 116 Å². The first-order valence-corrected chi connectivity index (χ1v) is 14.6. The third kappa shape index (κ3) is 7.18. The number of benzene rings is 4. The highest BCUT2D eigenvalue weighted by molar-refractivity contribution is 9.10. The molecule has 4 aromatic carbocycles. The number of carbonyl (C=O) groups is 1. The van der Waals surface area contributed by atoms with Crippen molar-refractivity contribution in [1.29, 1.82) is 0 Å². The van der Waals surface area contributed by atoms with Crippen LogP contribution in [0.2, 0.25) is 5.02 Å². The smallest absolute Gasteiger partial charge is 0.416 e. The highest BCUT2D eigenvalue weighted by Gasteiger charge is 2.31. The molecule has 5 aromatic rings. The Morgan fingerprint density at radius 1 is 1.04 bits per heavy atom. The molecule has 0 saturated carbocycles. The molecule has 8 nitrogen and oxygen atoms in total. The molecule has 1 amide bonds. The van der Waals surface area contributed by atoms with Gasteiger partial charge in [0.25, 0.3) is 11.5 Å². The van der Waals surface area contributed by atoms with E-state index in [9.17, 15) is 22.8 Å². The largest absolute Gasteiger partial charge is 0.490 e. The van der Waals surface area contributed by atoms with E-state index in [1.807, 2.05) is 6.07 Å². The molecule has 45 heavy (non-hydrogen) atoms. The van der Waals surface area contributed by atoms with Crippen molar-refractivity contribution in [2.75, 3.05) is 18.5 Å². The first-order chi connectivity index (χ1) is 21.6. The van der Waals surface area contributed by atoms with Gasteiger partial charge in [-0.1, -0.05) is 54.1 Å². The maximum atomic E-state index is 13.5. The number of alkyl halides is 3. The van der Waals surface area contributed by atoms with Gasteiger partial charge in [0.1, 0.15) is 5.02 Å². The number of anilines is 1. The molecule has 0 saturated heterocycles. The Hall–Kier alpha value is -4.68. The molecule has 0 spiro atoms. The Kier molecular flexibility index (Phi) is 9.54. The van der Waals surface area contributed by atoms with E-state index in [1.54, 1.807) is 55.5 Å². The van der Waals surface area contributed by atoms with Gasteiger partial charge in [-0.25, -0.2) is 4.98 Å². The molecule has 0 atom stereocenters. The number of hydrogen-bond acceptors (Lipinski definition) is 6. The van der Waals surface area contributed by atoms with Gasteiger partial charge in [-0.15, -0.1) is 0 Å². The Morgan fingerprint density at radius 3 is 2.51 bits per heavy atom. The lowest BCUT2D eigenvalue weighted by molar-refractivity contribution is -0.137. The summed E-state index contributed by atoms with van der Waals surface area (Å²) in [5.41, 5.74) is -0.225. The summed E-state index contributed by atoms with van der Waals surface area (Å²) in [7, 11) is 0. The van der Waals surface area contributed by atoms with Gasteiger partial charge in [-0.05, 0) is 65.3 Å². The monoisotopic (exact) mass is 698 g/mol. The van der Waals surface area contributed by atoms with Crippen LogP contribution in [-0.2, 0) is 11.0 Å². The van der Waals surface area contributed by atoms with E-state index in [2.05, 4.69) is 31.3 Å². The Labute approximate surface area is 268 Å². The predicted molar refractivity (Wildman–Crippen MR) is 170 cm³/mol. The highest BCUT2D eigenvalue weighted by Crippen LogP contribution is 2.42. The molecular formula is C32H23BrClF3N4O4. The minimum Gasteiger partial charge on any atom is -0.490 e. The molecule has 5 rings (SSSR count). The Bertz CT molecular complexity index is 1970. The summed E-state index contributed by atoms with van der Waals surface area (Å²) in [6, 6.07) is 21.3. The predicted octanol–water partition coefficient (Wildman–Crippen LogP) is 7.80. The zero-order valence-corrected chi connectivity index (χ0v) is 25.8. The molecule has 230 valence electrons. The summed E-state index contributed by atoms with van der Waals surface area (Å²) >= 11 is 10.0. The van der Waals surface area contributed by atoms with Crippen LogP contribution in [0.4, 0.5) is 18.9 Å². The van der Waals surface area contributed by atoms with E-state index in [4.69, 9.17) is 21.1 Å². The lowest BCUT2D eigenvalue weighted by Crippen LogP contribution is -2.21. The summed E-state index contributed by atoms with van der Waals surface area (Å²) < 4.78 is 53.2. The number of carbonyl (C=O) groups excluding carboxylic acids is 1. The number of aromatic nitrogens is 2. The second-order valence-electron chi connectivity index (χ2n) is 9.45. The van der Waals surface area contributed by atoms with Gasteiger partial charge < -0.3 is 14.8 Å². The normalized spacial score (nSPS) is 11.6. The van der Waals surface area contributed by atoms with Crippen molar-refractivity contribution >= 4 is 56.2 Å². The molecule has 0 radical (unpaired) electrons. The van der Waals surface area contributed by atoms with Crippen molar-refractivity contribution in [2.45, 2.75) is 13.1 Å². The molecule has 13 heteroatoms. The SMILES string of the molecule is CCOc1cc(C=Nn2c(-c3cccc(C(F)(F)F)c3)nc3ccccc3c2=O)c(Br)c(Cl)c1OCC(=O)Nc1ccccc1. The fraction of sp³-hybridized carbons (Fsp3) is 0.125. The zero-order valence-electron chi connectivity index (χ0n) is 23.4. The maximum Gasteiger partial charge on any atom is 0.416 e. The molecule has 0 aliphatic rings. The summed E-state index contributed by atoms with van der Waals surface area (Å²) in [5, 5.41) is 7.33. The number of halogens is 5. The van der Waals surface area contributed by atoms with Crippen molar-refractivity contribution < 1.29 is 27.4 Å². The Balaban J connectivity index is 1.53. The lowest BCUT2D eigenvalue weighted by atomic mass is 10.1. The van der Waals surface area contributed by atoms with Crippen LogP contribution in [0.5, 0.6) is 11.5 Å². The molecule has 0 aliphatic carbocycles. The molecule has 1 N–H and O–H groups in total. The molecule has 1 heterocycles. The van der Waals surface area contributed by atoms with Gasteiger partial charge in [0.2, 0.25) is 0 Å². The van der Waals surface area contributed by atoms with Crippen molar-refractivity contribution in [3.63, 3.8) is 0 Å². The van der Waals surface area contributed by atoms with Gasteiger partial charge in [0.15, 0.2) is 23.9 Å². The number of fused-ring (bicyclic) bond motifs is 1. The lowest BCUT2D eigenvalue weighted by Gasteiger charge is -2.16. The summed E-state index contributed by atoms with van der Waals surface area (Å²) in [4.78, 5) is 30.5.